The summed E-state index contributed by atoms with van der Waals surface area (Å²) in [6.45, 7) is 7.26. The Balaban J connectivity index is 5.27. The first-order valence-electron chi connectivity index (χ1n) is 42.5. The highest BCUT2D eigenvalue weighted by atomic mass is 31.2. The van der Waals surface area contributed by atoms with Gasteiger partial charge in [-0.3, -0.25) is 37.3 Å². The molecule has 0 aromatic rings. The number of hydrogen-bond acceptors (Lipinski definition) is 15. The molecular formula is C83H158O17P2. The Bertz CT molecular complexity index is 2040. The first-order chi connectivity index (χ1) is 49.5. The van der Waals surface area contributed by atoms with Crippen molar-refractivity contribution in [2.45, 2.75) is 438 Å². The molecule has 0 saturated heterocycles. The molecule has 0 spiro atoms. The van der Waals surface area contributed by atoms with Crippen molar-refractivity contribution in [3.8, 4) is 0 Å². The summed E-state index contributed by atoms with van der Waals surface area (Å²) in [4.78, 5) is 73.1. The molecule has 0 bridgehead atoms. The normalized spacial score (nSPS) is 14.0. The van der Waals surface area contributed by atoms with E-state index in [1.54, 1.807) is 0 Å². The van der Waals surface area contributed by atoms with Crippen molar-refractivity contribution in [2.75, 3.05) is 39.6 Å². The number of unbranched alkanes of at least 4 members (excludes halogenated alkanes) is 50. The second kappa shape index (κ2) is 75.4. The van der Waals surface area contributed by atoms with Crippen molar-refractivity contribution in [3.63, 3.8) is 0 Å². The van der Waals surface area contributed by atoms with Crippen LogP contribution in [0.25, 0.3) is 0 Å². The number of phosphoric ester groups is 2. The highest BCUT2D eigenvalue weighted by Gasteiger charge is 2.30. The van der Waals surface area contributed by atoms with Crippen LogP contribution in [0.3, 0.4) is 0 Å². The molecule has 0 radical (unpaired) electrons. The van der Waals surface area contributed by atoms with Crippen LogP contribution in [-0.2, 0) is 65.4 Å². The van der Waals surface area contributed by atoms with Crippen LogP contribution in [0.2, 0.25) is 0 Å². The molecule has 19 heteroatoms. The number of ether oxygens (including phenoxy) is 4. The number of aliphatic hydroxyl groups excluding tert-OH is 1. The van der Waals surface area contributed by atoms with Gasteiger partial charge in [-0.25, -0.2) is 9.13 Å². The maximum absolute atomic E-state index is 13.1. The largest absolute Gasteiger partial charge is 0.472 e. The van der Waals surface area contributed by atoms with Crippen molar-refractivity contribution in [1.29, 1.82) is 0 Å². The smallest absolute Gasteiger partial charge is 0.462 e. The third-order valence-electron chi connectivity index (χ3n) is 18.9. The molecule has 0 fully saturated rings. The van der Waals surface area contributed by atoms with Crippen molar-refractivity contribution in [1.82, 2.24) is 0 Å². The molecule has 0 amide bonds. The molecule has 0 rings (SSSR count). The van der Waals surface area contributed by atoms with E-state index in [2.05, 4.69) is 58.9 Å². The quantitative estimate of drug-likeness (QED) is 0.0169. The highest BCUT2D eigenvalue weighted by molar-refractivity contribution is 7.47. The summed E-state index contributed by atoms with van der Waals surface area (Å²) in [6, 6.07) is 0. The Labute approximate surface area is 624 Å². The molecule has 17 nitrogen and oxygen atoms in total. The van der Waals surface area contributed by atoms with Gasteiger partial charge in [-0.15, -0.1) is 0 Å². The second-order valence-electron chi connectivity index (χ2n) is 29.7. The number of aliphatic hydroxyl groups is 1. The van der Waals surface area contributed by atoms with Gasteiger partial charge in [0.05, 0.1) is 26.4 Å². The van der Waals surface area contributed by atoms with Gasteiger partial charge in [0, 0.05) is 25.7 Å². The minimum atomic E-state index is -4.97. The van der Waals surface area contributed by atoms with Gasteiger partial charge < -0.3 is 33.8 Å². The van der Waals surface area contributed by atoms with Crippen LogP contribution in [0.5, 0.6) is 0 Å². The number of carbonyl (C=O) groups excluding carboxylic acids is 4. The van der Waals surface area contributed by atoms with E-state index in [0.29, 0.717) is 25.7 Å². The van der Waals surface area contributed by atoms with Crippen molar-refractivity contribution < 1.29 is 80.2 Å². The molecule has 3 N–H and O–H groups in total. The number of carbonyl (C=O) groups is 4. The van der Waals surface area contributed by atoms with E-state index in [0.717, 1.165) is 115 Å². The van der Waals surface area contributed by atoms with Gasteiger partial charge in [0.1, 0.15) is 19.3 Å². The van der Waals surface area contributed by atoms with E-state index < -0.39 is 97.5 Å². The van der Waals surface area contributed by atoms with Gasteiger partial charge in [-0.1, -0.05) is 367 Å². The summed E-state index contributed by atoms with van der Waals surface area (Å²) in [5.74, 6) is -1.38. The monoisotopic (exact) mass is 1490 g/mol. The summed E-state index contributed by atoms with van der Waals surface area (Å²) >= 11 is 0. The van der Waals surface area contributed by atoms with Crippen LogP contribution in [0.1, 0.15) is 420 Å². The lowest BCUT2D eigenvalue weighted by Crippen LogP contribution is -2.30. The molecule has 0 aromatic heterocycles. The molecule has 102 heavy (non-hydrogen) atoms. The number of esters is 4. The van der Waals surface area contributed by atoms with Crippen molar-refractivity contribution in [3.05, 3.63) is 24.3 Å². The Kier molecular flexibility index (Phi) is 73.5. The lowest BCUT2D eigenvalue weighted by atomic mass is 10.0. The molecule has 0 aliphatic heterocycles. The van der Waals surface area contributed by atoms with Gasteiger partial charge in [0.15, 0.2) is 12.2 Å². The second-order valence-corrected chi connectivity index (χ2v) is 32.6. The standard InChI is InChI=1S/C83H158O17P2/c1-6-9-12-15-18-21-24-27-29-30-31-32-33-34-36-39-42-48-53-58-63-68-82(87)99-78(72-94-81(86)67-62-57-52-47-41-38-35-28-25-22-19-16-13-10-7-2)74-97-101(89,90)95-70-77(84)71-96-102(91,92)98-75-79(100-83(88)69-64-59-54-49-44-43-45-50-55-60-65-76(4)5)73-93-80(85)66-61-56-51-46-40-37-26-23-20-17-14-11-8-3/h22,25,28,35,76-79,84H,6-21,23-24,26-27,29-34,36-75H2,1-5H3,(H,89,90)(H,91,92)/b25-22-,35-28-/t77-,78-,79-/m1/s1. The first-order valence-corrected chi connectivity index (χ1v) is 45.4. The van der Waals surface area contributed by atoms with E-state index in [1.807, 2.05) is 0 Å². The zero-order valence-corrected chi connectivity index (χ0v) is 68.0. The fraction of sp³-hybridized carbons (Fsp3) is 0.904. The minimum absolute atomic E-state index is 0.102. The molecule has 5 atom stereocenters. The Morgan fingerprint density at radius 3 is 0.804 bits per heavy atom. The maximum atomic E-state index is 13.1. The molecule has 2 unspecified atom stereocenters. The van der Waals surface area contributed by atoms with Crippen molar-refractivity contribution >= 4 is 39.5 Å². The summed E-state index contributed by atoms with van der Waals surface area (Å²) < 4.78 is 68.7. The number of allylic oxidation sites excluding steroid dienone is 4. The average Bonchev–Trinajstić information content (AvgIpc) is 0.921. The molecule has 0 aromatic carbocycles. The predicted octanol–water partition coefficient (Wildman–Crippen LogP) is 24.8. The van der Waals surface area contributed by atoms with Gasteiger partial charge >= 0.3 is 39.5 Å². The van der Waals surface area contributed by atoms with Crippen LogP contribution in [0.15, 0.2) is 24.3 Å². The van der Waals surface area contributed by atoms with E-state index in [4.69, 9.17) is 37.0 Å². The summed E-state index contributed by atoms with van der Waals surface area (Å²) in [5.41, 5.74) is 0. The Hall–Kier alpha value is -2.46. The molecule has 0 aliphatic rings. The average molecular weight is 1490 g/mol. The number of hydrogen-bond donors (Lipinski definition) is 3. The summed E-state index contributed by atoms with van der Waals surface area (Å²) in [6.07, 6.45) is 70.2. The Morgan fingerprint density at radius 1 is 0.304 bits per heavy atom. The summed E-state index contributed by atoms with van der Waals surface area (Å²) in [7, 11) is -9.93. The first kappa shape index (κ1) is 99.5. The highest BCUT2D eigenvalue weighted by Crippen LogP contribution is 2.45. The number of rotatable bonds is 81. The SMILES string of the molecule is CCCCCC/C=C\C=C/CCCCCCCC(=O)OC[C@H](COP(=O)(O)OC[C@@H](O)COP(=O)(O)OC[C@@H](COC(=O)CCCCCCCCCCCCCCC)OC(=O)CCCCCCCCCCCCC(C)C)OC(=O)CCCCCCCCCCCCCCCCCCCCCCC. The van der Waals surface area contributed by atoms with Gasteiger partial charge in [-0.2, -0.15) is 0 Å². The van der Waals surface area contributed by atoms with E-state index >= 15 is 0 Å². The topological polar surface area (TPSA) is 237 Å². The van der Waals surface area contributed by atoms with Gasteiger partial charge in [0.25, 0.3) is 0 Å². The fourth-order valence-electron chi connectivity index (χ4n) is 12.4. The predicted molar refractivity (Wildman–Crippen MR) is 418 cm³/mol. The minimum Gasteiger partial charge on any atom is -0.462 e. The molecule has 602 valence electrons. The zero-order chi connectivity index (χ0) is 74.8. The molecule has 0 aliphatic carbocycles. The van der Waals surface area contributed by atoms with Crippen LogP contribution >= 0.6 is 15.6 Å². The number of phosphoric acid groups is 2. The van der Waals surface area contributed by atoms with Crippen LogP contribution in [-0.4, -0.2) is 96.7 Å². The van der Waals surface area contributed by atoms with Crippen LogP contribution < -0.4 is 0 Å². The molecular weight excluding hydrogens is 1330 g/mol. The molecule has 0 heterocycles. The maximum Gasteiger partial charge on any atom is 0.472 e. The van der Waals surface area contributed by atoms with Gasteiger partial charge in [-0.05, 0) is 57.3 Å². The van der Waals surface area contributed by atoms with E-state index in [9.17, 15) is 43.2 Å². The van der Waals surface area contributed by atoms with Crippen LogP contribution in [0, 0.1) is 5.92 Å². The third kappa shape index (κ3) is 75.8. The van der Waals surface area contributed by atoms with Crippen molar-refractivity contribution in [2.24, 2.45) is 5.92 Å². The van der Waals surface area contributed by atoms with Gasteiger partial charge in [0.2, 0.25) is 0 Å². The van der Waals surface area contributed by atoms with Crippen LogP contribution in [0.4, 0.5) is 0 Å². The van der Waals surface area contributed by atoms with E-state index in [-0.39, 0.29) is 25.7 Å². The zero-order valence-electron chi connectivity index (χ0n) is 66.2. The Morgan fingerprint density at radius 2 is 0.529 bits per heavy atom. The molecule has 0 saturated carbocycles. The third-order valence-corrected chi connectivity index (χ3v) is 20.8. The fourth-order valence-corrected chi connectivity index (χ4v) is 14.0. The summed E-state index contributed by atoms with van der Waals surface area (Å²) in [5, 5.41) is 10.7. The lowest BCUT2D eigenvalue weighted by Gasteiger charge is -2.21. The van der Waals surface area contributed by atoms with E-state index in [1.165, 1.54) is 225 Å². The lowest BCUT2D eigenvalue weighted by molar-refractivity contribution is -0.161.